The molecule has 0 aliphatic heterocycles. The molecule has 1 atom stereocenters. The molecule has 0 saturated heterocycles. The number of ether oxygens (including phenoxy) is 1. The lowest BCUT2D eigenvalue weighted by molar-refractivity contribution is -0.139. The second-order valence-electron chi connectivity index (χ2n) is 6.50. The zero-order valence-corrected chi connectivity index (χ0v) is 17.9. The van der Waals surface area contributed by atoms with E-state index in [1.54, 1.807) is 11.5 Å². The first-order valence-electron chi connectivity index (χ1n) is 8.60. The topological polar surface area (TPSA) is 61.2 Å². The van der Waals surface area contributed by atoms with Crippen LogP contribution in [-0.2, 0) is 9.53 Å². The third-order valence-electron chi connectivity index (χ3n) is 4.80. The van der Waals surface area contributed by atoms with Gasteiger partial charge in [0.2, 0.25) is 0 Å². The van der Waals surface area contributed by atoms with Gasteiger partial charge in [-0.25, -0.2) is 4.98 Å². The number of aryl methyl sites for hydroxylation is 3. The molecule has 3 aromatic rings. The monoisotopic (exact) mass is 402 g/mol. The maximum absolute atomic E-state index is 13.5. The molecule has 0 radical (unpaired) electrons. The molecule has 7 heteroatoms. The van der Waals surface area contributed by atoms with Gasteiger partial charge in [0.05, 0.1) is 18.2 Å². The number of carbonyl (C=O) groups is 1. The van der Waals surface area contributed by atoms with Crippen molar-refractivity contribution in [3.05, 3.63) is 50.1 Å². The predicted octanol–water partition coefficient (Wildman–Crippen LogP) is 4.33. The summed E-state index contributed by atoms with van der Waals surface area (Å²) in [6.07, 6.45) is 0. The Morgan fingerprint density at radius 1 is 1.22 bits per heavy atom. The zero-order chi connectivity index (χ0) is 19.9. The van der Waals surface area contributed by atoms with Gasteiger partial charge < -0.3 is 4.74 Å². The largest absolute Gasteiger partial charge is 0.468 e. The molecule has 0 N–H and O–H groups in total. The number of benzene rings is 1. The van der Waals surface area contributed by atoms with Gasteiger partial charge in [-0.05, 0) is 57.4 Å². The number of methoxy groups -OCH3 is 1. The average Bonchev–Trinajstić information content (AvgIpc) is 2.91. The van der Waals surface area contributed by atoms with E-state index in [9.17, 15) is 9.59 Å². The molecule has 27 heavy (non-hydrogen) atoms. The molecule has 0 fully saturated rings. The summed E-state index contributed by atoms with van der Waals surface area (Å²) in [5.41, 5.74) is 3.75. The van der Waals surface area contributed by atoms with Crippen molar-refractivity contribution in [2.45, 2.75) is 45.0 Å². The van der Waals surface area contributed by atoms with Crippen LogP contribution in [-0.4, -0.2) is 27.9 Å². The van der Waals surface area contributed by atoms with Crippen molar-refractivity contribution < 1.29 is 9.53 Å². The molecule has 2 heterocycles. The van der Waals surface area contributed by atoms with Crippen molar-refractivity contribution in [3.63, 3.8) is 0 Å². The minimum atomic E-state index is -0.474. The maximum atomic E-state index is 13.5. The number of esters is 1. The lowest BCUT2D eigenvalue weighted by Gasteiger charge is -2.17. The second kappa shape index (κ2) is 7.48. The van der Waals surface area contributed by atoms with Crippen LogP contribution in [0.2, 0.25) is 0 Å². The summed E-state index contributed by atoms with van der Waals surface area (Å²) < 4.78 is 6.47. The fourth-order valence-corrected chi connectivity index (χ4v) is 4.93. The molecule has 2 aromatic heterocycles. The van der Waals surface area contributed by atoms with Gasteiger partial charge in [-0.3, -0.25) is 14.2 Å². The van der Waals surface area contributed by atoms with Gasteiger partial charge in [0.15, 0.2) is 5.16 Å². The molecule has 5 nitrogen and oxygen atoms in total. The summed E-state index contributed by atoms with van der Waals surface area (Å²) in [7, 11) is 1.36. The van der Waals surface area contributed by atoms with Crippen LogP contribution in [0.3, 0.4) is 0 Å². The van der Waals surface area contributed by atoms with Crippen molar-refractivity contribution in [2.24, 2.45) is 0 Å². The van der Waals surface area contributed by atoms with Crippen LogP contribution >= 0.6 is 23.1 Å². The van der Waals surface area contributed by atoms with Crippen molar-refractivity contribution in [1.29, 1.82) is 0 Å². The summed E-state index contributed by atoms with van der Waals surface area (Å²) >= 11 is 2.75. The number of nitrogens with zero attached hydrogens (tertiary/aromatic N) is 2. The Labute approximate surface area is 166 Å². The highest BCUT2D eigenvalue weighted by atomic mass is 32.2. The van der Waals surface area contributed by atoms with Gasteiger partial charge in [0, 0.05) is 4.88 Å². The van der Waals surface area contributed by atoms with Crippen LogP contribution in [0.4, 0.5) is 0 Å². The van der Waals surface area contributed by atoms with Crippen LogP contribution in [0, 0.1) is 27.7 Å². The first-order chi connectivity index (χ1) is 12.8. The lowest BCUT2D eigenvalue weighted by atomic mass is 10.1. The Morgan fingerprint density at radius 2 is 1.93 bits per heavy atom. The Kier molecular flexibility index (Phi) is 5.44. The molecule has 0 saturated carbocycles. The van der Waals surface area contributed by atoms with E-state index in [0.717, 1.165) is 27.3 Å². The van der Waals surface area contributed by atoms with Gasteiger partial charge >= 0.3 is 5.97 Å². The first kappa shape index (κ1) is 19.6. The van der Waals surface area contributed by atoms with E-state index in [0.29, 0.717) is 15.4 Å². The molecule has 3 rings (SSSR count). The van der Waals surface area contributed by atoms with Gasteiger partial charge in [-0.2, -0.15) is 0 Å². The fraction of sp³-hybridized carbons (Fsp3) is 0.350. The molecular formula is C20H22N2O3S2. The Morgan fingerprint density at radius 3 is 2.59 bits per heavy atom. The highest BCUT2D eigenvalue weighted by molar-refractivity contribution is 8.00. The van der Waals surface area contributed by atoms with E-state index >= 15 is 0 Å². The average molecular weight is 403 g/mol. The van der Waals surface area contributed by atoms with Gasteiger partial charge in [-0.1, -0.05) is 23.9 Å². The minimum absolute atomic E-state index is 0.102. The lowest BCUT2D eigenvalue weighted by Crippen LogP contribution is -2.24. The number of thioether (sulfide) groups is 1. The van der Waals surface area contributed by atoms with Crippen LogP contribution in [0.5, 0.6) is 0 Å². The summed E-state index contributed by atoms with van der Waals surface area (Å²) in [6, 6.07) is 5.86. The highest BCUT2D eigenvalue weighted by Gasteiger charge is 2.23. The predicted molar refractivity (Wildman–Crippen MR) is 112 cm³/mol. The molecule has 0 amide bonds. The highest BCUT2D eigenvalue weighted by Crippen LogP contribution is 2.32. The second-order valence-corrected chi connectivity index (χ2v) is 9.01. The SMILES string of the molecule is COC(=O)[C@@H](C)Sc1nc2sc(C)c(C)c2c(=O)n1-c1cccc(C)c1C. The first-order valence-corrected chi connectivity index (χ1v) is 10.3. The number of rotatable bonds is 4. The van der Waals surface area contributed by atoms with Crippen molar-refractivity contribution in [1.82, 2.24) is 9.55 Å². The molecule has 142 valence electrons. The molecule has 0 aliphatic carbocycles. The van der Waals surface area contributed by atoms with Crippen LogP contribution in [0.1, 0.15) is 28.5 Å². The third kappa shape index (κ3) is 3.41. The van der Waals surface area contributed by atoms with E-state index in [1.165, 1.54) is 30.2 Å². The number of hydrogen-bond donors (Lipinski definition) is 0. The minimum Gasteiger partial charge on any atom is -0.468 e. The van der Waals surface area contributed by atoms with E-state index in [1.807, 2.05) is 45.9 Å². The molecule has 0 bridgehead atoms. The molecular weight excluding hydrogens is 380 g/mol. The Balaban J connectivity index is 2.34. The summed E-state index contributed by atoms with van der Waals surface area (Å²) in [6.45, 7) is 9.71. The van der Waals surface area contributed by atoms with Crippen LogP contribution in [0.15, 0.2) is 28.2 Å². The number of aromatic nitrogens is 2. The molecule has 1 aromatic carbocycles. The number of carbonyl (C=O) groups excluding carboxylic acids is 1. The van der Waals surface area contributed by atoms with Gasteiger partial charge in [-0.15, -0.1) is 11.3 Å². The Bertz CT molecular complexity index is 1100. The Hall–Kier alpha value is -2.12. The van der Waals surface area contributed by atoms with Crippen molar-refractivity contribution in [3.8, 4) is 5.69 Å². The number of hydrogen-bond acceptors (Lipinski definition) is 6. The molecule has 0 aliphatic rings. The van der Waals surface area contributed by atoms with Crippen LogP contribution in [0.25, 0.3) is 15.9 Å². The number of thiophene rings is 1. The quantitative estimate of drug-likeness (QED) is 0.369. The summed E-state index contributed by atoms with van der Waals surface area (Å²) in [5.74, 6) is -0.347. The third-order valence-corrected chi connectivity index (χ3v) is 6.94. The molecule has 0 spiro atoms. The van der Waals surface area contributed by atoms with Gasteiger partial charge in [0.1, 0.15) is 10.1 Å². The van der Waals surface area contributed by atoms with E-state index < -0.39 is 5.25 Å². The van der Waals surface area contributed by atoms with Crippen LogP contribution < -0.4 is 5.56 Å². The fourth-order valence-electron chi connectivity index (χ4n) is 2.92. The number of fused-ring (bicyclic) bond motifs is 1. The van der Waals surface area contributed by atoms with E-state index in [4.69, 9.17) is 9.72 Å². The maximum Gasteiger partial charge on any atom is 0.318 e. The van der Waals surface area contributed by atoms with Crippen molar-refractivity contribution in [2.75, 3.05) is 7.11 Å². The normalized spacial score (nSPS) is 12.4. The summed E-state index contributed by atoms with van der Waals surface area (Å²) in [4.78, 5) is 31.9. The summed E-state index contributed by atoms with van der Waals surface area (Å²) in [5, 5.41) is 0.673. The molecule has 0 unspecified atom stereocenters. The van der Waals surface area contributed by atoms with Crippen molar-refractivity contribution >= 4 is 39.3 Å². The van der Waals surface area contributed by atoms with E-state index in [2.05, 4.69) is 0 Å². The van der Waals surface area contributed by atoms with E-state index in [-0.39, 0.29) is 11.5 Å². The standard InChI is InChI=1S/C20H22N2O3S2/c1-10-8-7-9-15(11(10)2)22-18(23)16-12(3)13(4)26-17(16)21-20(22)27-14(5)19(24)25-6/h7-9,14H,1-6H3/t14-/m1/s1. The van der Waals surface area contributed by atoms with Gasteiger partial charge in [0.25, 0.3) is 5.56 Å². The zero-order valence-electron chi connectivity index (χ0n) is 16.2. The smallest absolute Gasteiger partial charge is 0.318 e.